The molecule has 0 aromatic heterocycles. The minimum atomic E-state index is -0.777. The molecule has 0 unspecified atom stereocenters. The fourth-order valence-electron chi connectivity index (χ4n) is 2.64. The van der Waals surface area contributed by atoms with Gasteiger partial charge in [-0.2, -0.15) is 0 Å². The molecule has 3 amide bonds. The second-order valence-corrected chi connectivity index (χ2v) is 7.24. The summed E-state index contributed by atoms with van der Waals surface area (Å²) < 4.78 is 5.03. The molecule has 1 atom stereocenters. The van der Waals surface area contributed by atoms with E-state index in [0.717, 1.165) is 5.56 Å². The van der Waals surface area contributed by atoms with Crippen LogP contribution in [0.15, 0.2) is 48.5 Å². The van der Waals surface area contributed by atoms with Crippen molar-refractivity contribution in [2.24, 2.45) is 5.73 Å². The van der Waals surface area contributed by atoms with Crippen molar-refractivity contribution in [1.82, 2.24) is 5.32 Å². The van der Waals surface area contributed by atoms with E-state index in [1.807, 2.05) is 12.1 Å². The highest BCUT2D eigenvalue weighted by Gasteiger charge is 2.19. The van der Waals surface area contributed by atoms with Gasteiger partial charge in [-0.15, -0.1) is 0 Å². The van der Waals surface area contributed by atoms with E-state index < -0.39 is 30.6 Å². The van der Waals surface area contributed by atoms with Gasteiger partial charge in [-0.1, -0.05) is 49.7 Å². The summed E-state index contributed by atoms with van der Waals surface area (Å²) in [6, 6.07) is 12.6. The molecule has 0 fully saturated rings. The maximum atomic E-state index is 12.1. The summed E-state index contributed by atoms with van der Waals surface area (Å²) in [5.41, 5.74) is 7.59. The maximum absolute atomic E-state index is 12.1. The molecule has 0 heterocycles. The Morgan fingerprint density at radius 2 is 1.59 bits per heavy atom. The molecule has 4 N–H and O–H groups in total. The van der Waals surface area contributed by atoms with Crippen LogP contribution in [0.5, 0.6) is 0 Å². The first kappa shape index (κ1) is 22.2. The van der Waals surface area contributed by atoms with Gasteiger partial charge in [-0.3, -0.25) is 9.59 Å². The Hall–Kier alpha value is -3.06. The van der Waals surface area contributed by atoms with Crippen LogP contribution in [0.25, 0.3) is 0 Å². The number of nitrogens with two attached hydrogens (primary N) is 1. The van der Waals surface area contributed by atoms with E-state index in [1.165, 1.54) is 0 Å². The van der Waals surface area contributed by atoms with Crippen molar-refractivity contribution in [3.05, 3.63) is 64.7 Å². The average Bonchev–Trinajstić information content (AvgIpc) is 2.66. The number of nitrogens with one attached hydrogen (secondary N) is 2. The summed E-state index contributed by atoms with van der Waals surface area (Å²) >= 11 is 5.85. The van der Waals surface area contributed by atoms with Gasteiger partial charge in [0.1, 0.15) is 0 Å². The highest BCUT2D eigenvalue weighted by molar-refractivity contribution is 6.30. The van der Waals surface area contributed by atoms with Gasteiger partial charge in [0.25, 0.3) is 5.91 Å². The van der Waals surface area contributed by atoms with Crippen LogP contribution in [0.2, 0.25) is 5.02 Å². The van der Waals surface area contributed by atoms with Crippen LogP contribution in [-0.2, 0) is 14.3 Å². The minimum Gasteiger partial charge on any atom is -0.455 e. The van der Waals surface area contributed by atoms with Gasteiger partial charge < -0.3 is 21.1 Å². The highest BCUT2D eigenvalue weighted by atomic mass is 35.5. The molecule has 7 nitrogen and oxygen atoms in total. The number of carbonyl (C=O) groups excluding carboxylic acids is 3. The molecule has 0 saturated carbocycles. The van der Waals surface area contributed by atoms with E-state index in [0.29, 0.717) is 22.2 Å². The number of halogens is 1. The lowest BCUT2D eigenvalue weighted by atomic mass is 10.0. The van der Waals surface area contributed by atoms with Crippen LogP contribution in [-0.4, -0.2) is 24.5 Å². The van der Waals surface area contributed by atoms with E-state index in [2.05, 4.69) is 24.5 Å². The number of hydrogen-bond donors (Lipinski definition) is 3. The van der Waals surface area contributed by atoms with Crippen molar-refractivity contribution in [2.75, 3.05) is 11.9 Å². The maximum Gasteiger partial charge on any atom is 0.312 e. The van der Waals surface area contributed by atoms with Crippen LogP contribution in [0.3, 0.4) is 0 Å². The van der Waals surface area contributed by atoms with Gasteiger partial charge in [0.2, 0.25) is 0 Å². The zero-order valence-electron chi connectivity index (χ0n) is 16.3. The van der Waals surface area contributed by atoms with E-state index in [1.54, 1.807) is 36.4 Å². The Morgan fingerprint density at radius 1 is 1.00 bits per heavy atom. The van der Waals surface area contributed by atoms with Gasteiger partial charge in [0.15, 0.2) is 6.61 Å². The lowest BCUT2D eigenvalue weighted by Crippen LogP contribution is -2.35. The largest absolute Gasteiger partial charge is 0.455 e. The molecule has 0 spiro atoms. The zero-order chi connectivity index (χ0) is 21.4. The van der Waals surface area contributed by atoms with Crippen LogP contribution in [0, 0.1) is 0 Å². The van der Waals surface area contributed by atoms with Crippen LogP contribution >= 0.6 is 11.6 Å². The third-order valence-corrected chi connectivity index (χ3v) is 4.44. The Morgan fingerprint density at radius 3 is 2.14 bits per heavy atom. The monoisotopic (exact) mass is 417 g/mol. The molecule has 0 saturated heterocycles. The number of rotatable bonds is 8. The summed E-state index contributed by atoms with van der Waals surface area (Å²) in [6.07, 6.45) is -0.180. The van der Waals surface area contributed by atoms with Gasteiger partial charge in [-0.25, -0.2) is 4.79 Å². The smallest absolute Gasteiger partial charge is 0.312 e. The van der Waals surface area contributed by atoms with Crippen LogP contribution in [0.4, 0.5) is 10.5 Å². The first-order chi connectivity index (χ1) is 13.7. The number of benzene rings is 2. The Balaban J connectivity index is 1.88. The van der Waals surface area contributed by atoms with E-state index in [9.17, 15) is 14.4 Å². The van der Waals surface area contributed by atoms with Gasteiger partial charge in [0.05, 0.1) is 12.5 Å². The predicted molar refractivity (Wildman–Crippen MR) is 112 cm³/mol. The van der Waals surface area contributed by atoms with E-state index in [4.69, 9.17) is 22.1 Å². The fourth-order valence-corrected chi connectivity index (χ4v) is 2.77. The lowest BCUT2D eigenvalue weighted by molar-refractivity contribution is -0.147. The van der Waals surface area contributed by atoms with Crippen LogP contribution in [0.1, 0.15) is 43.4 Å². The van der Waals surface area contributed by atoms with Crippen molar-refractivity contribution in [1.29, 1.82) is 0 Å². The number of ether oxygens (including phenoxy) is 1. The summed E-state index contributed by atoms with van der Waals surface area (Å²) in [5.74, 6) is -0.714. The molecule has 0 radical (unpaired) electrons. The normalized spacial score (nSPS) is 11.6. The van der Waals surface area contributed by atoms with Crippen LogP contribution < -0.4 is 16.4 Å². The number of anilines is 1. The summed E-state index contributed by atoms with van der Waals surface area (Å²) in [7, 11) is 0. The number of esters is 1. The summed E-state index contributed by atoms with van der Waals surface area (Å²) in [5, 5.41) is 5.67. The second kappa shape index (κ2) is 10.5. The van der Waals surface area contributed by atoms with Crippen molar-refractivity contribution in [2.45, 2.75) is 32.2 Å². The van der Waals surface area contributed by atoms with Gasteiger partial charge in [0, 0.05) is 10.7 Å². The molecule has 2 aromatic rings. The van der Waals surface area contributed by atoms with Gasteiger partial charge >= 0.3 is 12.0 Å². The molecule has 2 aromatic carbocycles. The molecular formula is C21H24ClN3O4. The highest BCUT2D eigenvalue weighted by Crippen LogP contribution is 2.20. The first-order valence-electron chi connectivity index (χ1n) is 9.11. The Kier molecular flexibility index (Phi) is 8.03. The van der Waals surface area contributed by atoms with Crippen molar-refractivity contribution >= 4 is 35.2 Å². The molecular weight excluding hydrogens is 394 g/mol. The predicted octanol–water partition coefficient (Wildman–Crippen LogP) is 3.74. The quantitative estimate of drug-likeness (QED) is 0.568. The first-order valence-corrected chi connectivity index (χ1v) is 9.49. The Labute approximate surface area is 174 Å². The van der Waals surface area contributed by atoms with E-state index >= 15 is 0 Å². The summed E-state index contributed by atoms with van der Waals surface area (Å²) in [4.78, 5) is 35.4. The molecule has 0 bridgehead atoms. The minimum absolute atomic E-state index is 0.180. The third-order valence-electron chi connectivity index (χ3n) is 4.19. The second-order valence-electron chi connectivity index (χ2n) is 6.80. The summed E-state index contributed by atoms with van der Waals surface area (Å²) in [6.45, 7) is 3.73. The molecule has 8 heteroatoms. The van der Waals surface area contributed by atoms with E-state index in [-0.39, 0.29) is 6.42 Å². The molecule has 29 heavy (non-hydrogen) atoms. The number of hydrogen-bond acceptors (Lipinski definition) is 4. The van der Waals surface area contributed by atoms with Crippen molar-refractivity contribution in [3.63, 3.8) is 0 Å². The Bertz CT molecular complexity index is 851. The van der Waals surface area contributed by atoms with Crippen molar-refractivity contribution in [3.8, 4) is 0 Å². The molecule has 154 valence electrons. The third kappa shape index (κ3) is 7.46. The topological polar surface area (TPSA) is 111 Å². The lowest BCUT2D eigenvalue weighted by Gasteiger charge is -2.17. The number of amides is 3. The number of urea groups is 1. The standard InChI is InChI=1S/C21H24ClN3O4/c1-13(2)14-5-9-17(10-6-14)24-19(26)12-29-20(27)11-18(25-21(23)28)15-3-7-16(22)8-4-15/h3-10,13,18H,11-12H2,1-2H3,(H,24,26)(H3,23,25,28)/t18-/m0/s1. The number of primary amides is 1. The molecule has 0 aliphatic rings. The zero-order valence-corrected chi connectivity index (χ0v) is 17.0. The fraction of sp³-hybridized carbons (Fsp3) is 0.286. The molecule has 0 aliphatic heterocycles. The molecule has 2 rings (SSSR count). The van der Waals surface area contributed by atoms with Gasteiger partial charge in [-0.05, 0) is 41.3 Å². The average molecular weight is 418 g/mol. The number of carbonyl (C=O) groups is 3. The van der Waals surface area contributed by atoms with Crippen molar-refractivity contribution < 1.29 is 19.1 Å². The molecule has 0 aliphatic carbocycles. The SMILES string of the molecule is CC(C)c1ccc(NC(=O)COC(=O)C[C@H](NC(N)=O)c2ccc(Cl)cc2)cc1.